The lowest BCUT2D eigenvalue weighted by Crippen LogP contribution is -2.40. The maximum Gasteiger partial charge on any atom is 0.257 e. The van der Waals surface area contributed by atoms with Gasteiger partial charge in [0.15, 0.2) is 0 Å². The van der Waals surface area contributed by atoms with Crippen molar-refractivity contribution in [3.63, 3.8) is 0 Å². The van der Waals surface area contributed by atoms with Crippen LogP contribution >= 0.6 is 0 Å². The monoisotopic (exact) mass is 331 g/mol. The fourth-order valence-electron chi connectivity index (χ4n) is 4.11. The van der Waals surface area contributed by atoms with Gasteiger partial charge in [-0.15, -0.1) is 0 Å². The van der Waals surface area contributed by atoms with Crippen molar-refractivity contribution >= 4 is 5.91 Å². The van der Waals surface area contributed by atoms with Crippen molar-refractivity contribution in [1.82, 2.24) is 4.90 Å². The summed E-state index contributed by atoms with van der Waals surface area (Å²) in [4.78, 5) is 15.1. The molecule has 0 radical (unpaired) electrons. The number of likely N-dealkylation sites (tertiary alicyclic amines) is 1. The predicted molar refractivity (Wildman–Crippen MR) is 94.8 cm³/mol. The molecule has 4 heteroatoms. The van der Waals surface area contributed by atoms with Crippen LogP contribution in [0.2, 0.25) is 0 Å². The second-order valence-electron chi connectivity index (χ2n) is 7.07. The Morgan fingerprint density at radius 3 is 2.75 bits per heavy atom. The van der Waals surface area contributed by atoms with E-state index in [1.807, 2.05) is 4.90 Å². The average molecular weight is 331 g/mol. The molecular formula is C20H29NO3. The zero-order valence-corrected chi connectivity index (χ0v) is 15.0. The third-order valence-corrected chi connectivity index (χ3v) is 5.41. The molecular weight excluding hydrogens is 302 g/mol. The maximum atomic E-state index is 13.1. The van der Waals surface area contributed by atoms with Crippen LogP contribution < -0.4 is 4.74 Å². The molecule has 1 fully saturated rings. The van der Waals surface area contributed by atoms with E-state index >= 15 is 0 Å². The van der Waals surface area contributed by atoms with Crippen LogP contribution in [0.4, 0.5) is 0 Å². The summed E-state index contributed by atoms with van der Waals surface area (Å²) in [5.74, 6) is 1.47. The van der Waals surface area contributed by atoms with E-state index in [1.165, 1.54) is 24.0 Å². The SMILES string of the molecule is COCCCC1CCCN(C(=O)c2cc3c(cc2OC)CCC3)C1. The van der Waals surface area contributed by atoms with Crippen molar-refractivity contribution in [3.8, 4) is 5.75 Å². The average Bonchev–Trinajstić information content (AvgIpc) is 3.08. The molecule has 24 heavy (non-hydrogen) atoms. The Hall–Kier alpha value is -1.55. The highest BCUT2D eigenvalue weighted by atomic mass is 16.5. The van der Waals surface area contributed by atoms with Gasteiger partial charge in [-0.1, -0.05) is 0 Å². The summed E-state index contributed by atoms with van der Waals surface area (Å²) in [5.41, 5.74) is 3.42. The first kappa shape index (κ1) is 17.3. The summed E-state index contributed by atoms with van der Waals surface area (Å²) >= 11 is 0. The van der Waals surface area contributed by atoms with Gasteiger partial charge in [0.25, 0.3) is 5.91 Å². The molecule has 0 bridgehead atoms. The van der Waals surface area contributed by atoms with Crippen molar-refractivity contribution in [2.24, 2.45) is 5.92 Å². The number of piperidine rings is 1. The standard InChI is InChI=1S/C20H29NO3/c1-23-11-5-7-15-6-4-10-21(14-15)20(22)18-12-16-8-3-9-17(16)13-19(18)24-2/h12-13,15H,3-11,14H2,1-2H3. The van der Waals surface area contributed by atoms with Crippen LogP contribution in [0.3, 0.4) is 0 Å². The summed E-state index contributed by atoms with van der Waals surface area (Å²) < 4.78 is 10.7. The minimum atomic E-state index is 0.137. The summed E-state index contributed by atoms with van der Waals surface area (Å²) in [7, 11) is 3.41. The lowest BCUT2D eigenvalue weighted by Gasteiger charge is -2.33. The minimum absolute atomic E-state index is 0.137. The molecule has 1 amide bonds. The molecule has 1 atom stereocenters. The summed E-state index contributed by atoms with van der Waals surface area (Å²) in [5, 5.41) is 0. The lowest BCUT2D eigenvalue weighted by molar-refractivity contribution is 0.0657. The molecule has 3 rings (SSSR count). The van der Waals surface area contributed by atoms with Gasteiger partial charge in [0.2, 0.25) is 0 Å². The van der Waals surface area contributed by atoms with Crippen LogP contribution in [0.1, 0.15) is 53.6 Å². The highest BCUT2D eigenvalue weighted by Gasteiger charge is 2.27. The Morgan fingerprint density at radius 2 is 2.00 bits per heavy atom. The first-order valence-electron chi connectivity index (χ1n) is 9.21. The molecule has 132 valence electrons. The van der Waals surface area contributed by atoms with Crippen molar-refractivity contribution in [2.75, 3.05) is 33.9 Å². The van der Waals surface area contributed by atoms with Gasteiger partial charge in [-0.05, 0) is 74.1 Å². The van der Waals surface area contributed by atoms with Crippen LogP contribution in [-0.4, -0.2) is 44.7 Å². The Balaban J connectivity index is 1.71. The van der Waals surface area contributed by atoms with Gasteiger partial charge < -0.3 is 14.4 Å². The van der Waals surface area contributed by atoms with E-state index in [1.54, 1.807) is 14.2 Å². The second kappa shape index (κ2) is 8.02. The molecule has 0 spiro atoms. The Labute approximate surface area is 145 Å². The fourth-order valence-corrected chi connectivity index (χ4v) is 4.11. The molecule has 1 unspecified atom stereocenters. The summed E-state index contributed by atoms with van der Waals surface area (Å²) in [6, 6.07) is 4.16. The molecule has 1 aliphatic carbocycles. The van der Waals surface area contributed by atoms with Crippen molar-refractivity contribution < 1.29 is 14.3 Å². The Kier molecular flexibility index (Phi) is 5.77. The molecule has 0 saturated carbocycles. The zero-order chi connectivity index (χ0) is 16.9. The van der Waals surface area contributed by atoms with E-state index in [4.69, 9.17) is 9.47 Å². The lowest BCUT2D eigenvalue weighted by atomic mass is 9.93. The summed E-state index contributed by atoms with van der Waals surface area (Å²) in [6.07, 6.45) is 7.89. The highest BCUT2D eigenvalue weighted by Crippen LogP contribution is 2.32. The van der Waals surface area contributed by atoms with Crippen LogP contribution in [0.25, 0.3) is 0 Å². The number of fused-ring (bicyclic) bond motifs is 1. The minimum Gasteiger partial charge on any atom is -0.496 e. The largest absolute Gasteiger partial charge is 0.496 e. The van der Waals surface area contributed by atoms with Gasteiger partial charge >= 0.3 is 0 Å². The fraction of sp³-hybridized carbons (Fsp3) is 0.650. The molecule has 1 aliphatic heterocycles. The maximum absolute atomic E-state index is 13.1. The van der Waals surface area contributed by atoms with E-state index < -0.39 is 0 Å². The first-order chi connectivity index (χ1) is 11.7. The zero-order valence-electron chi connectivity index (χ0n) is 15.0. The van der Waals surface area contributed by atoms with Gasteiger partial charge in [0.1, 0.15) is 5.75 Å². The number of nitrogens with zero attached hydrogens (tertiary/aromatic N) is 1. The van der Waals surface area contributed by atoms with E-state index in [0.717, 1.165) is 63.1 Å². The van der Waals surface area contributed by atoms with Gasteiger partial charge in [-0.25, -0.2) is 0 Å². The van der Waals surface area contributed by atoms with E-state index in [0.29, 0.717) is 5.92 Å². The van der Waals surface area contributed by atoms with Crippen LogP contribution in [0, 0.1) is 5.92 Å². The number of ether oxygens (including phenoxy) is 2. The summed E-state index contributed by atoms with van der Waals surface area (Å²) in [6.45, 7) is 2.53. The first-order valence-corrected chi connectivity index (χ1v) is 9.21. The number of benzene rings is 1. The van der Waals surface area contributed by atoms with Gasteiger partial charge in [-0.3, -0.25) is 4.79 Å². The number of aryl methyl sites for hydroxylation is 2. The van der Waals surface area contributed by atoms with Crippen LogP contribution in [-0.2, 0) is 17.6 Å². The molecule has 4 nitrogen and oxygen atoms in total. The van der Waals surface area contributed by atoms with Gasteiger partial charge in [0.05, 0.1) is 12.7 Å². The third kappa shape index (κ3) is 3.75. The van der Waals surface area contributed by atoms with Crippen molar-refractivity contribution in [3.05, 3.63) is 28.8 Å². The number of carbonyl (C=O) groups excluding carboxylic acids is 1. The number of hydrogen-bond acceptors (Lipinski definition) is 3. The normalized spacial score (nSPS) is 20.1. The van der Waals surface area contributed by atoms with Crippen molar-refractivity contribution in [1.29, 1.82) is 0 Å². The quantitative estimate of drug-likeness (QED) is 0.749. The molecule has 1 heterocycles. The molecule has 1 saturated heterocycles. The number of amides is 1. The molecule has 0 aromatic heterocycles. The number of rotatable bonds is 6. The second-order valence-corrected chi connectivity index (χ2v) is 7.07. The van der Waals surface area contributed by atoms with Crippen LogP contribution in [0.5, 0.6) is 5.75 Å². The van der Waals surface area contributed by atoms with E-state index in [2.05, 4.69) is 12.1 Å². The molecule has 2 aliphatic rings. The predicted octanol–water partition coefficient (Wildman–Crippen LogP) is 3.46. The molecule has 0 N–H and O–H groups in total. The van der Waals surface area contributed by atoms with Gasteiger partial charge in [-0.2, -0.15) is 0 Å². The third-order valence-electron chi connectivity index (χ3n) is 5.41. The molecule has 1 aromatic rings. The van der Waals surface area contributed by atoms with E-state index in [-0.39, 0.29) is 5.91 Å². The van der Waals surface area contributed by atoms with Crippen molar-refractivity contribution in [2.45, 2.75) is 44.9 Å². The molecule has 1 aromatic carbocycles. The Bertz CT molecular complexity index is 584. The number of hydrogen-bond donors (Lipinski definition) is 0. The van der Waals surface area contributed by atoms with Crippen LogP contribution in [0.15, 0.2) is 12.1 Å². The van der Waals surface area contributed by atoms with E-state index in [9.17, 15) is 4.79 Å². The smallest absolute Gasteiger partial charge is 0.257 e. The van der Waals surface area contributed by atoms with Gasteiger partial charge in [0, 0.05) is 26.8 Å². The topological polar surface area (TPSA) is 38.8 Å². The number of methoxy groups -OCH3 is 2. The highest BCUT2D eigenvalue weighted by molar-refractivity contribution is 5.97. The number of carbonyl (C=O) groups is 1. The Morgan fingerprint density at radius 1 is 1.21 bits per heavy atom.